The van der Waals surface area contributed by atoms with Crippen LogP contribution in [0.3, 0.4) is 0 Å². The summed E-state index contributed by atoms with van der Waals surface area (Å²) >= 11 is 5.45. The maximum atomic E-state index is 5.90. The molecule has 0 amide bonds. The molecule has 0 saturated carbocycles. The predicted octanol–water partition coefficient (Wildman–Crippen LogP) is 5.37. The van der Waals surface area contributed by atoms with Gasteiger partial charge in [-0.25, -0.2) is 0 Å². The molecule has 22 heavy (non-hydrogen) atoms. The van der Waals surface area contributed by atoms with E-state index in [4.69, 9.17) is 16.6 Å². The molecule has 1 aromatic heterocycles. The third-order valence-electron chi connectivity index (χ3n) is 3.67. The highest BCUT2D eigenvalue weighted by Crippen LogP contribution is 2.30. The number of nitrogens with one attached hydrogen (secondary N) is 1. The number of fused-ring (bicyclic) bond motifs is 3. The van der Waals surface area contributed by atoms with Crippen LogP contribution >= 0.6 is 12.2 Å². The van der Waals surface area contributed by atoms with Crippen molar-refractivity contribution in [1.29, 1.82) is 0 Å². The Bertz CT molecular complexity index is 972. The van der Waals surface area contributed by atoms with Gasteiger partial charge < -0.3 is 9.73 Å². The Morgan fingerprint density at radius 1 is 0.773 bits per heavy atom. The van der Waals surface area contributed by atoms with Crippen molar-refractivity contribution in [3.63, 3.8) is 0 Å². The molecule has 0 unspecified atom stereocenters. The molecule has 0 aliphatic carbocycles. The van der Waals surface area contributed by atoms with E-state index in [0.717, 1.165) is 33.2 Å². The Morgan fingerprint density at radius 3 is 2.36 bits per heavy atom. The Labute approximate surface area is 133 Å². The normalized spacial score (nSPS) is 10.9. The molecule has 0 aliphatic heterocycles. The average Bonchev–Trinajstić information content (AvgIpc) is 2.93. The highest BCUT2D eigenvalue weighted by Gasteiger charge is 2.08. The van der Waals surface area contributed by atoms with E-state index in [1.165, 1.54) is 0 Å². The lowest BCUT2D eigenvalue weighted by Crippen LogP contribution is -2.09. The number of hydrogen-bond donors (Lipinski definition) is 1. The van der Waals surface area contributed by atoms with E-state index >= 15 is 0 Å². The van der Waals surface area contributed by atoms with Gasteiger partial charge in [-0.3, -0.25) is 0 Å². The molecule has 0 spiro atoms. The minimum absolute atomic E-state index is 0.705. The number of anilines is 1. The molecule has 3 aromatic carbocycles. The molecule has 4 rings (SSSR count). The number of thiocarbonyl (C=S) groups is 1. The smallest absolute Gasteiger partial charge is 0.137 e. The summed E-state index contributed by atoms with van der Waals surface area (Å²) in [6.45, 7) is 0. The van der Waals surface area contributed by atoms with E-state index in [1.807, 2.05) is 60.7 Å². The summed E-state index contributed by atoms with van der Waals surface area (Å²) in [5.41, 5.74) is 3.70. The zero-order valence-corrected chi connectivity index (χ0v) is 12.6. The predicted molar refractivity (Wildman–Crippen MR) is 95.5 cm³/mol. The number of rotatable bonds is 2. The van der Waals surface area contributed by atoms with Gasteiger partial charge in [-0.1, -0.05) is 60.7 Å². The van der Waals surface area contributed by atoms with E-state index in [2.05, 4.69) is 17.4 Å². The summed E-state index contributed by atoms with van der Waals surface area (Å²) in [5.74, 6) is 0. The van der Waals surface area contributed by atoms with Crippen molar-refractivity contribution in [3.05, 3.63) is 78.4 Å². The van der Waals surface area contributed by atoms with Crippen molar-refractivity contribution >= 4 is 44.8 Å². The first-order chi connectivity index (χ1) is 10.8. The van der Waals surface area contributed by atoms with Gasteiger partial charge in [-0.15, -0.1) is 0 Å². The van der Waals surface area contributed by atoms with Crippen LogP contribution < -0.4 is 5.32 Å². The highest BCUT2D eigenvalue weighted by molar-refractivity contribution is 7.81. The Hall–Kier alpha value is -2.65. The molecular formula is C19H13NOS. The van der Waals surface area contributed by atoms with Crippen LogP contribution in [-0.4, -0.2) is 4.99 Å². The molecule has 0 atom stereocenters. The number of hydrogen-bond acceptors (Lipinski definition) is 2. The van der Waals surface area contributed by atoms with Gasteiger partial charge in [0.2, 0.25) is 0 Å². The van der Waals surface area contributed by atoms with Crippen molar-refractivity contribution in [2.75, 3.05) is 5.32 Å². The molecule has 1 heterocycles. The summed E-state index contributed by atoms with van der Waals surface area (Å²) in [7, 11) is 0. The second kappa shape index (κ2) is 5.28. The molecule has 0 saturated heterocycles. The van der Waals surface area contributed by atoms with Crippen LogP contribution in [-0.2, 0) is 0 Å². The van der Waals surface area contributed by atoms with Crippen LogP contribution in [0, 0.1) is 0 Å². The SMILES string of the molecule is S=C(Nc1ccc2c(c1)oc1ccccc12)c1ccccc1. The van der Waals surface area contributed by atoms with Gasteiger partial charge in [-0.2, -0.15) is 0 Å². The van der Waals surface area contributed by atoms with Crippen LogP contribution in [0.15, 0.2) is 77.2 Å². The van der Waals surface area contributed by atoms with E-state index in [0.29, 0.717) is 4.99 Å². The quantitative estimate of drug-likeness (QED) is 0.504. The highest BCUT2D eigenvalue weighted by atomic mass is 32.1. The first-order valence-corrected chi connectivity index (χ1v) is 7.50. The molecule has 0 aliphatic rings. The fourth-order valence-electron chi connectivity index (χ4n) is 2.60. The van der Waals surface area contributed by atoms with Crippen LogP contribution in [0.5, 0.6) is 0 Å². The van der Waals surface area contributed by atoms with Crippen molar-refractivity contribution < 1.29 is 4.42 Å². The minimum atomic E-state index is 0.705. The van der Waals surface area contributed by atoms with Crippen LogP contribution in [0.25, 0.3) is 21.9 Å². The average molecular weight is 303 g/mol. The second-order valence-electron chi connectivity index (χ2n) is 5.13. The third-order valence-corrected chi connectivity index (χ3v) is 4.01. The van der Waals surface area contributed by atoms with E-state index < -0.39 is 0 Å². The second-order valence-corrected chi connectivity index (χ2v) is 5.54. The summed E-state index contributed by atoms with van der Waals surface area (Å²) in [6, 6.07) is 24.1. The molecule has 0 bridgehead atoms. The lowest BCUT2D eigenvalue weighted by atomic mass is 10.1. The number of para-hydroxylation sites is 1. The van der Waals surface area contributed by atoms with E-state index in [-0.39, 0.29) is 0 Å². The molecule has 4 aromatic rings. The van der Waals surface area contributed by atoms with Gasteiger partial charge in [0.05, 0.1) is 0 Å². The Balaban J connectivity index is 1.71. The Kier molecular flexibility index (Phi) is 3.13. The topological polar surface area (TPSA) is 25.2 Å². The summed E-state index contributed by atoms with van der Waals surface area (Å²) in [4.78, 5) is 0.705. The summed E-state index contributed by atoms with van der Waals surface area (Å²) < 4.78 is 5.90. The van der Waals surface area contributed by atoms with Gasteiger partial charge in [0.25, 0.3) is 0 Å². The van der Waals surface area contributed by atoms with Crippen molar-refractivity contribution in [2.45, 2.75) is 0 Å². The van der Waals surface area contributed by atoms with Crippen molar-refractivity contribution in [2.24, 2.45) is 0 Å². The number of furan rings is 1. The van der Waals surface area contributed by atoms with Crippen molar-refractivity contribution in [3.8, 4) is 0 Å². The molecule has 3 heteroatoms. The zero-order chi connectivity index (χ0) is 14.9. The van der Waals surface area contributed by atoms with Crippen LogP contribution in [0.1, 0.15) is 5.56 Å². The molecule has 106 valence electrons. The lowest BCUT2D eigenvalue weighted by molar-refractivity contribution is 0.669. The monoisotopic (exact) mass is 303 g/mol. The Morgan fingerprint density at radius 2 is 1.50 bits per heavy atom. The number of benzene rings is 3. The van der Waals surface area contributed by atoms with Gasteiger partial charge >= 0.3 is 0 Å². The third kappa shape index (κ3) is 2.26. The van der Waals surface area contributed by atoms with Crippen LogP contribution in [0.2, 0.25) is 0 Å². The molecule has 0 fully saturated rings. The summed E-state index contributed by atoms with van der Waals surface area (Å²) in [5, 5.41) is 5.52. The van der Waals surface area contributed by atoms with Gasteiger partial charge in [0.15, 0.2) is 0 Å². The molecule has 1 N–H and O–H groups in total. The van der Waals surface area contributed by atoms with Gasteiger partial charge in [-0.05, 0) is 18.2 Å². The fraction of sp³-hybridized carbons (Fsp3) is 0. The van der Waals surface area contributed by atoms with Gasteiger partial charge in [0.1, 0.15) is 16.2 Å². The lowest BCUT2D eigenvalue weighted by Gasteiger charge is -2.07. The first-order valence-electron chi connectivity index (χ1n) is 7.09. The zero-order valence-electron chi connectivity index (χ0n) is 11.7. The fourth-order valence-corrected chi connectivity index (χ4v) is 2.85. The maximum Gasteiger partial charge on any atom is 0.137 e. The minimum Gasteiger partial charge on any atom is -0.456 e. The molecule has 2 nitrogen and oxygen atoms in total. The summed E-state index contributed by atoms with van der Waals surface area (Å²) in [6.07, 6.45) is 0. The first kappa shape index (κ1) is 13.0. The van der Waals surface area contributed by atoms with E-state index in [9.17, 15) is 0 Å². The largest absolute Gasteiger partial charge is 0.456 e. The van der Waals surface area contributed by atoms with Crippen molar-refractivity contribution in [1.82, 2.24) is 0 Å². The van der Waals surface area contributed by atoms with E-state index in [1.54, 1.807) is 0 Å². The van der Waals surface area contributed by atoms with Gasteiger partial charge in [0, 0.05) is 28.1 Å². The maximum absolute atomic E-state index is 5.90. The molecule has 0 radical (unpaired) electrons. The standard InChI is InChI=1S/C19H13NOS/c22-19(13-6-2-1-3-7-13)20-14-10-11-16-15-8-4-5-9-17(15)21-18(16)12-14/h1-12H,(H,20,22). The van der Waals surface area contributed by atoms with Crippen LogP contribution in [0.4, 0.5) is 5.69 Å². The molecular weight excluding hydrogens is 290 g/mol.